The molecule has 5 nitrogen and oxygen atoms in total. The molecule has 2 aromatic heterocycles. The highest BCUT2D eigenvalue weighted by molar-refractivity contribution is 5.88. The first-order valence-electron chi connectivity index (χ1n) is 9.29. The van der Waals surface area contributed by atoms with E-state index in [-0.39, 0.29) is 11.6 Å². The number of pyridine rings is 1. The molecule has 0 unspecified atom stereocenters. The van der Waals surface area contributed by atoms with Crippen LogP contribution in [0.15, 0.2) is 60.7 Å². The van der Waals surface area contributed by atoms with Crippen LogP contribution in [-0.4, -0.2) is 21.5 Å². The number of anilines is 2. The van der Waals surface area contributed by atoms with Gasteiger partial charge in [0.25, 0.3) is 0 Å². The molecule has 0 fully saturated rings. The van der Waals surface area contributed by atoms with Gasteiger partial charge in [-0.1, -0.05) is 12.1 Å². The Hall–Kier alpha value is -3.61. The molecule has 4 rings (SSSR count). The lowest BCUT2D eigenvalue weighted by atomic mass is 10.1. The molecule has 0 aliphatic rings. The number of hydrogen-bond acceptors (Lipinski definition) is 5. The summed E-state index contributed by atoms with van der Waals surface area (Å²) < 4.78 is 26.3. The predicted octanol–water partition coefficient (Wildman–Crippen LogP) is 5.01. The minimum absolute atomic E-state index is 0.270. The molecule has 0 aliphatic carbocycles. The maximum absolute atomic E-state index is 13.2. The first-order valence-corrected chi connectivity index (χ1v) is 9.29. The van der Waals surface area contributed by atoms with E-state index in [4.69, 9.17) is 0 Å². The van der Waals surface area contributed by atoms with Gasteiger partial charge >= 0.3 is 0 Å². The van der Waals surface area contributed by atoms with Gasteiger partial charge in [0.05, 0.1) is 11.2 Å². The molecule has 0 bridgehead atoms. The number of rotatable bonds is 6. The van der Waals surface area contributed by atoms with Gasteiger partial charge in [0.15, 0.2) is 5.82 Å². The van der Waals surface area contributed by atoms with E-state index in [1.54, 1.807) is 24.3 Å². The van der Waals surface area contributed by atoms with Crippen molar-refractivity contribution < 1.29 is 8.78 Å². The molecule has 0 saturated carbocycles. The highest BCUT2D eigenvalue weighted by Crippen LogP contribution is 2.25. The van der Waals surface area contributed by atoms with Crippen molar-refractivity contribution >= 4 is 22.8 Å². The van der Waals surface area contributed by atoms with Crippen molar-refractivity contribution in [3.05, 3.63) is 77.9 Å². The molecule has 0 atom stereocenters. The molecule has 2 heterocycles. The lowest BCUT2D eigenvalue weighted by molar-refractivity contribution is 0.627. The van der Waals surface area contributed by atoms with E-state index in [1.807, 2.05) is 19.1 Å². The predicted molar refractivity (Wildman–Crippen MR) is 111 cm³/mol. The maximum atomic E-state index is 13.2. The summed E-state index contributed by atoms with van der Waals surface area (Å²) in [7, 11) is 0. The summed E-state index contributed by atoms with van der Waals surface area (Å²) in [5.41, 5.74) is 3.77. The Labute approximate surface area is 166 Å². The van der Waals surface area contributed by atoms with Gasteiger partial charge in [-0.25, -0.2) is 18.7 Å². The molecule has 7 heteroatoms. The van der Waals surface area contributed by atoms with Gasteiger partial charge in [-0.2, -0.15) is 4.98 Å². The average molecular weight is 391 g/mol. The summed E-state index contributed by atoms with van der Waals surface area (Å²) in [6.45, 7) is 3.12. The topological polar surface area (TPSA) is 62.7 Å². The third-order valence-corrected chi connectivity index (χ3v) is 4.39. The van der Waals surface area contributed by atoms with Crippen molar-refractivity contribution in [2.24, 2.45) is 0 Å². The molecular weight excluding hydrogens is 372 g/mol. The van der Waals surface area contributed by atoms with Crippen molar-refractivity contribution in [2.75, 3.05) is 17.2 Å². The number of nitrogens with one attached hydrogen (secondary N) is 2. The summed E-state index contributed by atoms with van der Waals surface area (Å²) in [6, 6.07) is 16.2. The van der Waals surface area contributed by atoms with E-state index in [0.717, 1.165) is 11.1 Å². The van der Waals surface area contributed by atoms with Gasteiger partial charge in [-0.3, -0.25) is 0 Å². The first kappa shape index (κ1) is 18.7. The Kier molecular flexibility index (Phi) is 5.29. The van der Waals surface area contributed by atoms with Crippen molar-refractivity contribution in [1.29, 1.82) is 0 Å². The second kappa shape index (κ2) is 8.18. The van der Waals surface area contributed by atoms with Gasteiger partial charge in [0.1, 0.15) is 17.2 Å². The molecule has 4 aromatic rings. The number of hydrogen-bond donors (Lipinski definition) is 2. The van der Waals surface area contributed by atoms with Crippen LogP contribution in [0, 0.1) is 11.6 Å². The van der Waals surface area contributed by atoms with Crippen LogP contribution in [0.3, 0.4) is 0 Å². The number of benzene rings is 2. The summed E-state index contributed by atoms with van der Waals surface area (Å²) in [5, 5.41) is 6.39. The third kappa shape index (κ3) is 4.29. The molecule has 2 N–H and O–H groups in total. The number of fused-ring (bicyclic) bond motifs is 1. The van der Waals surface area contributed by atoms with Crippen LogP contribution < -0.4 is 10.6 Å². The quantitative estimate of drug-likeness (QED) is 0.484. The third-order valence-electron chi connectivity index (χ3n) is 4.39. The molecule has 2 aromatic carbocycles. The zero-order chi connectivity index (χ0) is 20.2. The normalized spacial score (nSPS) is 10.9. The summed E-state index contributed by atoms with van der Waals surface area (Å²) in [5.74, 6) is 0.508. The van der Waals surface area contributed by atoms with Gasteiger partial charge in [0, 0.05) is 18.7 Å². The van der Waals surface area contributed by atoms with Crippen LogP contribution in [0.25, 0.3) is 22.3 Å². The second-order valence-corrected chi connectivity index (χ2v) is 6.48. The molecule has 29 heavy (non-hydrogen) atoms. The van der Waals surface area contributed by atoms with Crippen LogP contribution in [0.1, 0.15) is 12.5 Å². The molecule has 0 spiro atoms. The van der Waals surface area contributed by atoms with Crippen LogP contribution in [-0.2, 0) is 6.54 Å². The molecule has 146 valence electrons. The fourth-order valence-corrected chi connectivity index (χ4v) is 2.95. The Morgan fingerprint density at radius 1 is 0.759 bits per heavy atom. The van der Waals surface area contributed by atoms with E-state index in [0.29, 0.717) is 41.6 Å². The van der Waals surface area contributed by atoms with E-state index in [2.05, 4.69) is 25.6 Å². The van der Waals surface area contributed by atoms with Crippen molar-refractivity contribution in [2.45, 2.75) is 13.5 Å². The van der Waals surface area contributed by atoms with Crippen molar-refractivity contribution in [1.82, 2.24) is 15.0 Å². The highest BCUT2D eigenvalue weighted by Gasteiger charge is 2.11. The van der Waals surface area contributed by atoms with E-state index >= 15 is 0 Å². The molecular formula is C22H19F2N5. The van der Waals surface area contributed by atoms with Crippen LogP contribution in [0.2, 0.25) is 0 Å². The molecule has 0 radical (unpaired) electrons. The molecule has 0 amide bonds. The summed E-state index contributed by atoms with van der Waals surface area (Å²) in [6.07, 6.45) is 0. The SMILES string of the molecule is CCNc1nc(NCc2ccc(F)cc2)nc2ccc(-c3ccc(F)cc3)nc12. The Morgan fingerprint density at radius 3 is 2.14 bits per heavy atom. The average Bonchev–Trinajstić information content (AvgIpc) is 2.74. The highest BCUT2D eigenvalue weighted by atomic mass is 19.1. The Bertz CT molecular complexity index is 1130. The number of nitrogens with zero attached hydrogens (tertiary/aromatic N) is 3. The first-order chi connectivity index (χ1) is 14.1. The van der Waals surface area contributed by atoms with E-state index in [1.165, 1.54) is 24.3 Å². The molecule has 0 aliphatic heterocycles. The summed E-state index contributed by atoms with van der Waals surface area (Å²) in [4.78, 5) is 13.8. The fourth-order valence-electron chi connectivity index (χ4n) is 2.95. The van der Waals surface area contributed by atoms with Gasteiger partial charge in [0.2, 0.25) is 5.95 Å². The monoisotopic (exact) mass is 391 g/mol. The maximum Gasteiger partial charge on any atom is 0.225 e. The lowest BCUT2D eigenvalue weighted by Crippen LogP contribution is -2.08. The Balaban J connectivity index is 1.66. The standard InChI is InChI=1S/C22H19F2N5/c1-2-25-21-20-19(12-11-18(27-20)15-5-9-17(24)10-6-15)28-22(29-21)26-13-14-3-7-16(23)8-4-14/h3-12H,2,13H2,1H3,(H2,25,26,28,29). The van der Waals surface area contributed by atoms with Crippen LogP contribution in [0.5, 0.6) is 0 Å². The summed E-state index contributed by atoms with van der Waals surface area (Å²) >= 11 is 0. The minimum Gasteiger partial charge on any atom is -0.368 e. The number of aromatic nitrogens is 3. The van der Waals surface area contributed by atoms with Crippen molar-refractivity contribution in [3.8, 4) is 11.3 Å². The van der Waals surface area contributed by atoms with Crippen molar-refractivity contribution in [3.63, 3.8) is 0 Å². The molecule has 0 saturated heterocycles. The van der Waals surface area contributed by atoms with Gasteiger partial charge < -0.3 is 10.6 Å². The van der Waals surface area contributed by atoms with E-state index < -0.39 is 0 Å². The van der Waals surface area contributed by atoms with Crippen LogP contribution >= 0.6 is 0 Å². The largest absolute Gasteiger partial charge is 0.368 e. The Morgan fingerprint density at radius 2 is 1.45 bits per heavy atom. The number of halogens is 2. The fraction of sp³-hybridized carbons (Fsp3) is 0.136. The minimum atomic E-state index is -0.289. The van der Waals surface area contributed by atoms with Gasteiger partial charge in [-0.15, -0.1) is 0 Å². The zero-order valence-corrected chi connectivity index (χ0v) is 15.8. The second-order valence-electron chi connectivity index (χ2n) is 6.48. The lowest BCUT2D eigenvalue weighted by Gasteiger charge is -2.11. The van der Waals surface area contributed by atoms with E-state index in [9.17, 15) is 8.78 Å². The van der Waals surface area contributed by atoms with Crippen LogP contribution in [0.4, 0.5) is 20.5 Å². The zero-order valence-electron chi connectivity index (χ0n) is 15.8. The van der Waals surface area contributed by atoms with Gasteiger partial charge in [-0.05, 0) is 61.0 Å². The smallest absolute Gasteiger partial charge is 0.225 e.